The van der Waals surface area contributed by atoms with Crippen LogP contribution in [0.15, 0.2) is 0 Å². The summed E-state index contributed by atoms with van der Waals surface area (Å²) in [5.74, 6) is 0.459. The van der Waals surface area contributed by atoms with Crippen LogP contribution in [-0.4, -0.2) is 17.3 Å². The van der Waals surface area contributed by atoms with Crippen LogP contribution in [0, 0.1) is 0 Å². The molecule has 0 radical (unpaired) electrons. The van der Waals surface area contributed by atoms with Crippen LogP contribution in [0.2, 0.25) is 0 Å². The fourth-order valence-corrected chi connectivity index (χ4v) is 1.86. The minimum absolute atomic E-state index is 0.459. The van der Waals surface area contributed by atoms with Gasteiger partial charge < -0.3 is 0 Å². The summed E-state index contributed by atoms with van der Waals surface area (Å²) in [6, 6.07) is 0. The third-order valence-electron chi connectivity index (χ3n) is 1.82. The lowest BCUT2D eigenvalue weighted by Gasteiger charge is -2.17. The number of Topliss-reactive ketones (excluding diaryl/α,β-unsaturated/α-hetero) is 1. The van der Waals surface area contributed by atoms with E-state index in [1.807, 2.05) is 11.8 Å². The molecular formula is C7H12OS. The highest BCUT2D eigenvalue weighted by atomic mass is 32.2. The van der Waals surface area contributed by atoms with Crippen LogP contribution in [0.25, 0.3) is 0 Å². The molecule has 0 spiro atoms. The average molecular weight is 144 g/mol. The van der Waals surface area contributed by atoms with Crippen LogP contribution in [0.3, 0.4) is 0 Å². The molecule has 0 unspecified atom stereocenters. The zero-order chi connectivity index (χ0) is 6.69. The molecule has 0 saturated heterocycles. The average Bonchev–Trinajstić information content (AvgIpc) is 1.90. The van der Waals surface area contributed by atoms with Crippen LogP contribution < -0.4 is 0 Å². The smallest absolute Gasteiger partial charge is 0.132 e. The molecular weight excluding hydrogens is 132 g/mol. The quantitative estimate of drug-likeness (QED) is 0.558. The first-order valence-corrected chi connectivity index (χ1v) is 4.66. The van der Waals surface area contributed by atoms with Gasteiger partial charge in [0.1, 0.15) is 5.78 Å². The van der Waals surface area contributed by atoms with E-state index in [9.17, 15) is 4.79 Å². The second-order valence-electron chi connectivity index (χ2n) is 2.47. The Hall–Kier alpha value is 0.0200. The zero-order valence-corrected chi connectivity index (χ0v) is 6.54. The van der Waals surface area contributed by atoms with E-state index in [1.54, 1.807) is 0 Å². The molecule has 0 amide bonds. The molecule has 0 bridgehead atoms. The topological polar surface area (TPSA) is 17.1 Å². The molecule has 1 rings (SSSR count). The van der Waals surface area contributed by atoms with Crippen LogP contribution in [0.5, 0.6) is 0 Å². The Morgan fingerprint density at radius 1 is 1.44 bits per heavy atom. The van der Waals surface area contributed by atoms with Gasteiger partial charge in [-0.15, -0.1) is 0 Å². The Morgan fingerprint density at radius 3 is 2.44 bits per heavy atom. The number of ketones is 1. The summed E-state index contributed by atoms with van der Waals surface area (Å²) in [7, 11) is 0. The second-order valence-corrected chi connectivity index (χ2v) is 3.61. The summed E-state index contributed by atoms with van der Waals surface area (Å²) in [4.78, 5) is 10.7. The molecule has 0 aromatic rings. The fourth-order valence-electron chi connectivity index (χ4n) is 1.15. The van der Waals surface area contributed by atoms with E-state index in [0.717, 1.165) is 30.9 Å². The standard InChI is InChI=1S/C7H12OS/c1-9-7-4-2-6(8)3-5-7/h7H,2-5H2,1H3. The van der Waals surface area contributed by atoms with E-state index < -0.39 is 0 Å². The molecule has 0 N–H and O–H groups in total. The summed E-state index contributed by atoms with van der Waals surface area (Å²) in [5, 5.41) is 0.766. The van der Waals surface area contributed by atoms with Gasteiger partial charge in [0.25, 0.3) is 0 Å². The van der Waals surface area contributed by atoms with Gasteiger partial charge in [-0.25, -0.2) is 0 Å². The first-order valence-electron chi connectivity index (χ1n) is 3.37. The molecule has 0 atom stereocenters. The van der Waals surface area contributed by atoms with Crippen molar-refractivity contribution in [3.8, 4) is 0 Å². The number of hydrogen-bond donors (Lipinski definition) is 0. The van der Waals surface area contributed by atoms with Crippen molar-refractivity contribution in [2.45, 2.75) is 30.9 Å². The number of rotatable bonds is 1. The summed E-state index contributed by atoms with van der Waals surface area (Å²) < 4.78 is 0. The minimum atomic E-state index is 0.459. The Kier molecular flexibility index (Phi) is 2.58. The fraction of sp³-hybridized carbons (Fsp3) is 0.857. The van der Waals surface area contributed by atoms with Crippen molar-refractivity contribution >= 4 is 17.5 Å². The van der Waals surface area contributed by atoms with Gasteiger partial charge in [0.05, 0.1) is 0 Å². The van der Waals surface area contributed by atoms with Crippen molar-refractivity contribution < 1.29 is 4.79 Å². The van der Waals surface area contributed by atoms with E-state index >= 15 is 0 Å². The Labute approximate surface area is 60.2 Å². The van der Waals surface area contributed by atoms with Crippen molar-refractivity contribution in [2.24, 2.45) is 0 Å². The van der Waals surface area contributed by atoms with Gasteiger partial charge in [0.2, 0.25) is 0 Å². The van der Waals surface area contributed by atoms with E-state index in [1.165, 1.54) is 0 Å². The predicted molar refractivity (Wildman–Crippen MR) is 40.8 cm³/mol. The van der Waals surface area contributed by atoms with Gasteiger partial charge in [-0.1, -0.05) is 0 Å². The highest BCUT2D eigenvalue weighted by Crippen LogP contribution is 2.24. The maximum absolute atomic E-state index is 10.7. The van der Waals surface area contributed by atoms with Gasteiger partial charge in [-0.2, -0.15) is 11.8 Å². The first kappa shape index (κ1) is 7.13. The molecule has 9 heavy (non-hydrogen) atoms. The summed E-state index contributed by atoms with van der Waals surface area (Å²) in [6.45, 7) is 0. The first-order chi connectivity index (χ1) is 4.33. The van der Waals surface area contributed by atoms with Gasteiger partial charge in [-0.05, 0) is 19.1 Å². The highest BCUT2D eigenvalue weighted by molar-refractivity contribution is 7.99. The minimum Gasteiger partial charge on any atom is -0.300 e. The van der Waals surface area contributed by atoms with Crippen molar-refractivity contribution in [3.63, 3.8) is 0 Å². The zero-order valence-electron chi connectivity index (χ0n) is 5.72. The molecule has 1 aliphatic rings. The maximum Gasteiger partial charge on any atom is 0.132 e. The van der Waals surface area contributed by atoms with Gasteiger partial charge in [-0.3, -0.25) is 4.79 Å². The van der Waals surface area contributed by atoms with Gasteiger partial charge in [0, 0.05) is 18.1 Å². The molecule has 1 fully saturated rings. The van der Waals surface area contributed by atoms with E-state index in [0.29, 0.717) is 5.78 Å². The number of carbonyl (C=O) groups is 1. The number of hydrogen-bond acceptors (Lipinski definition) is 2. The predicted octanol–water partition coefficient (Wildman–Crippen LogP) is 1.86. The molecule has 0 heterocycles. The van der Waals surface area contributed by atoms with Gasteiger partial charge in [0.15, 0.2) is 0 Å². The Morgan fingerprint density at radius 2 is 2.00 bits per heavy atom. The Balaban J connectivity index is 2.26. The Bertz CT molecular complexity index is 101. The van der Waals surface area contributed by atoms with Crippen LogP contribution in [0.4, 0.5) is 0 Å². The second kappa shape index (κ2) is 3.25. The van der Waals surface area contributed by atoms with Gasteiger partial charge >= 0.3 is 0 Å². The lowest BCUT2D eigenvalue weighted by Crippen LogP contribution is -2.14. The normalized spacial score (nSPS) is 22.6. The molecule has 1 aliphatic carbocycles. The molecule has 1 saturated carbocycles. The maximum atomic E-state index is 10.7. The lowest BCUT2D eigenvalue weighted by molar-refractivity contribution is -0.120. The highest BCUT2D eigenvalue weighted by Gasteiger charge is 2.16. The van der Waals surface area contributed by atoms with E-state index in [2.05, 4.69) is 6.26 Å². The molecule has 1 nitrogen and oxygen atoms in total. The molecule has 0 aliphatic heterocycles. The van der Waals surface area contributed by atoms with E-state index in [-0.39, 0.29) is 0 Å². The van der Waals surface area contributed by atoms with Crippen molar-refractivity contribution in [1.82, 2.24) is 0 Å². The summed E-state index contributed by atoms with van der Waals surface area (Å²) >= 11 is 1.90. The van der Waals surface area contributed by atoms with Crippen LogP contribution >= 0.6 is 11.8 Å². The summed E-state index contributed by atoms with van der Waals surface area (Å²) in [6.07, 6.45) is 6.00. The molecule has 52 valence electrons. The van der Waals surface area contributed by atoms with Crippen molar-refractivity contribution in [3.05, 3.63) is 0 Å². The van der Waals surface area contributed by atoms with Crippen LogP contribution in [0.1, 0.15) is 25.7 Å². The molecule has 2 heteroatoms. The van der Waals surface area contributed by atoms with Crippen molar-refractivity contribution in [2.75, 3.05) is 6.26 Å². The monoisotopic (exact) mass is 144 g/mol. The lowest BCUT2D eigenvalue weighted by atomic mass is 9.99. The van der Waals surface area contributed by atoms with Crippen LogP contribution in [-0.2, 0) is 4.79 Å². The number of thioether (sulfide) groups is 1. The molecule has 0 aromatic heterocycles. The summed E-state index contributed by atoms with van der Waals surface area (Å²) in [5.41, 5.74) is 0. The van der Waals surface area contributed by atoms with E-state index in [4.69, 9.17) is 0 Å². The third kappa shape index (κ3) is 2.01. The number of carbonyl (C=O) groups excluding carboxylic acids is 1. The molecule has 0 aromatic carbocycles. The largest absolute Gasteiger partial charge is 0.300 e. The SMILES string of the molecule is CSC1CCC(=O)CC1. The third-order valence-corrected chi connectivity index (χ3v) is 2.96. The van der Waals surface area contributed by atoms with Crippen molar-refractivity contribution in [1.29, 1.82) is 0 Å².